The summed E-state index contributed by atoms with van der Waals surface area (Å²) in [6.07, 6.45) is 0. The minimum absolute atomic E-state index is 0.00496. The number of benzene rings is 3. The zero-order valence-electron chi connectivity index (χ0n) is 17.4. The number of fused-ring (bicyclic) bond motifs is 1. The summed E-state index contributed by atoms with van der Waals surface area (Å²) in [6.45, 7) is 0. The second kappa shape index (κ2) is 8.35. The molecule has 0 spiro atoms. The first-order valence-electron chi connectivity index (χ1n) is 10.0. The van der Waals surface area contributed by atoms with Gasteiger partial charge in [0.25, 0.3) is 5.78 Å². The predicted molar refractivity (Wildman–Crippen MR) is 129 cm³/mol. The number of thiazole rings is 1. The Morgan fingerprint density at radius 2 is 1.79 bits per heavy atom. The van der Waals surface area contributed by atoms with Crippen LogP contribution in [0.15, 0.2) is 78.4 Å². The van der Waals surface area contributed by atoms with Crippen molar-refractivity contribution in [2.24, 2.45) is 0 Å². The molecule has 164 valence electrons. The van der Waals surface area contributed by atoms with Crippen LogP contribution in [0, 0.1) is 0 Å². The lowest BCUT2D eigenvalue weighted by molar-refractivity contribution is -0.132. The van der Waals surface area contributed by atoms with Crippen molar-refractivity contribution >= 4 is 55.7 Å². The maximum absolute atomic E-state index is 13.2. The second-order valence-electron chi connectivity index (χ2n) is 7.42. The molecule has 33 heavy (non-hydrogen) atoms. The van der Waals surface area contributed by atoms with Crippen LogP contribution >= 0.6 is 22.9 Å². The molecular formula is C25H17ClN2O4S. The van der Waals surface area contributed by atoms with Crippen LogP contribution in [-0.2, 0) is 9.59 Å². The van der Waals surface area contributed by atoms with Crippen molar-refractivity contribution in [3.63, 3.8) is 0 Å². The maximum Gasteiger partial charge on any atom is 0.301 e. The van der Waals surface area contributed by atoms with Crippen LogP contribution in [0.25, 0.3) is 16.0 Å². The number of Topliss-reactive ketones (excluding diaryl/α,β-unsaturated/α-hetero) is 1. The van der Waals surface area contributed by atoms with E-state index in [9.17, 15) is 14.7 Å². The van der Waals surface area contributed by atoms with Gasteiger partial charge in [0.15, 0.2) is 5.13 Å². The van der Waals surface area contributed by atoms with Gasteiger partial charge in [0.2, 0.25) is 0 Å². The lowest BCUT2D eigenvalue weighted by Crippen LogP contribution is -2.29. The number of carbonyl (C=O) groups excluding carboxylic acids is 2. The highest BCUT2D eigenvalue weighted by Crippen LogP contribution is 2.44. The minimum Gasteiger partial charge on any atom is -0.507 e. The van der Waals surface area contributed by atoms with Crippen LogP contribution < -0.4 is 9.64 Å². The Morgan fingerprint density at radius 3 is 2.48 bits per heavy atom. The van der Waals surface area contributed by atoms with Crippen LogP contribution in [0.3, 0.4) is 0 Å². The van der Waals surface area contributed by atoms with Crippen LogP contribution in [0.4, 0.5) is 5.13 Å². The Labute approximate surface area is 198 Å². The molecule has 0 bridgehead atoms. The SMILES string of the molecule is COc1ccc2nc(N3C(=O)C(=O)C(=C(O)c4ccc(Cl)cc4)[C@@H]3c3ccccc3)sc2c1. The first-order chi connectivity index (χ1) is 16.0. The van der Waals surface area contributed by atoms with Gasteiger partial charge in [-0.3, -0.25) is 14.5 Å². The smallest absolute Gasteiger partial charge is 0.301 e. The third-order valence-corrected chi connectivity index (χ3v) is 6.74. The van der Waals surface area contributed by atoms with Crippen LogP contribution in [0.5, 0.6) is 5.75 Å². The Kier molecular flexibility index (Phi) is 5.36. The van der Waals surface area contributed by atoms with Crippen molar-refractivity contribution in [3.8, 4) is 5.75 Å². The number of carbonyl (C=O) groups is 2. The number of hydrogen-bond donors (Lipinski definition) is 1. The lowest BCUT2D eigenvalue weighted by Gasteiger charge is -2.22. The second-order valence-corrected chi connectivity index (χ2v) is 8.86. The molecule has 1 aliphatic rings. The largest absolute Gasteiger partial charge is 0.507 e. The number of rotatable bonds is 4. The van der Waals surface area contributed by atoms with Gasteiger partial charge in [0.05, 0.1) is 28.9 Å². The number of anilines is 1. The average molecular weight is 477 g/mol. The third-order valence-electron chi connectivity index (χ3n) is 5.47. The average Bonchev–Trinajstić information content (AvgIpc) is 3.37. The molecular weight excluding hydrogens is 460 g/mol. The Bertz CT molecular complexity index is 1410. The number of ether oxygens (including phenoxy) is 1. The topological polar surface area (TPSA) is 79.7 Å². The molecule has 1 atom stereocenters. The number of methoxy groups -OCH3 is 1. The van der Waals surface area contributed by atoms with E-state index in [1.807, 2.05) is 36.4 Å². The highest BCUT2D eigenvalue weighted by molar-refractivity contribution is 7.22. The molecule has 1 saturated heterocycles. The van der Waals surface area contributed by atoms with E-state index in [0.717, 1.165) is 4.70 Å². The number of hydrogen-bond acceptors (Lipinski definition) is 6. The number of nitrogens with zero attached hydrogens (tertiary/aromatic N) is 2. The van der Waals surface area contributed by atoms with Gasteiger partial charge in [0.1, 0.15) is 11.5 Å². The minimum atomic E-state index is -0.829. The van der Waals surface area contributed by atoms with Gasteiger partial charge in [0, 0.05) is 10.6 Å². The number of aromatic nitrogens is 1. The Hall–Kier alpha value is -3.68. The summed E-state index contributed by atoms with van der Waals surface area (Å²) in [7, 11) is 1.58. The summed E-state index contributed by atoms with van der Waals surface area (Å²) in [4.78, 5) is 32.4. The molecule has 0 saturated carbocycles. The molecule has 1 aromatic heterocycles. The fourth-order valence-corrected chi connectivity index (χ4v) is 5.01. The highest BCUT2D eigenvalue weighted by Gasteiger charge is 2.48. The molecule has 1 N–H and O–H groups in total. The maximum atomic E-state index is 13.2. The van der Waals surface area contributed by atoms with Crippen molar-refractivity contribution in [3.05, 3.63) is 94.5 Å². The lowest BCUT2D eigenvalue weighted by atomic mass is 9.95. The van der Waals surface area contributed by atoms with E-state index in [1.54, 1.807) is 43.5 Å². The van der Waals surface area contributed by atoms with Crippen LogP contribution in [0.1, 0.15) is 17.2 Å². The van der Waals surface area contributed by atoms with Crippen LogP contribution in [0.2, 0.25) is 5.02 Å². The quantitative estimate of drug-likeness (QED) is 0.236. The fraction of sp³-hybridized carbons (Fsp3) is 0.0800. The molecule has 4 aromatic rings. The van der Waals surface area contributed by atoms with Crippen molar-refractivity contribution in [1.29, 1.82) is 0 Å². The number of halogens is 1. The number of ketones is 1. The van der Waals surface area contributed by atoms with Gasteiger partial charge in [-0.25, -0.2) is 4.98 Å². The molecule has 0 aliphatic carbocycles. The standard InChI is InChI=1S/C25H17ClN2O4S/c1-32-17-11-12-18-19(13-17)33-25(27-18)28-21(14-5-3-2-4-6-14)20(23(30)24(28)31)22(29)15-7-9-16(26)10-8-15/h2-13,21,29H,1H3/t21-/m0/s1. The van der Waals surface area contributed by atoms with E-state index >= 15 is 0 Å². The summed E-state index contributed by atoms with van der Waals surface area (Å²) < 4.78 is 6.10. The number of aliphatic hydroxyl groups is 1. The first-order valence-corrected chi connectivity index (χ1v) is 11.2. The molecule has 3 aromatic carbocycles. The molecule has 5 rings (SSSR count). The van der Waals surface area contributed by atoms with Gasteiger partial charge < -0.3 is 9.84 Å². The molecule has 6 nitrogen and oxygen atoms in total. The van der Waals surface area contributed by atoms with E-state index in [1.165, 1.54) is 16.2 Å². The van der Waals surface area contributed by atoms with Crippen LogP contribution in [-0.4, -0.2) is 28.9 Å². The van der Waals surface area contributed by atoms with Gasteiger partial charge in [-0.1, -0.05) is 53.3 Å². The predicted octanol–water partition coefficient (Wildman–Crippen LogP) is 5.58. The Balaban J connectivity index is 1.71. The summed E-state index contributed by atoms with van der Waals surface area (Å²) in [5, 5.41) is 12.0. The van der Waals surface area contributed by atoms with E-state index in [-0.39, 0.29) is 11.3 Å². The van der Waals surface area contributed by atoms with Gasteiger partial charge in [-0.05, 0) is 48.0 Å². The van der Waals surface area contributed by atoms with Gasteiger partial charge in [-0.2, -0.15) is 0 Å². The molecule has 1 aliphatic heterocycles. The molecule has 0 radical (unpaired) electrons. The summed E-state index contributed by atoms with van der Waals surface area (Å²) >= 11 is 7.25. The summed E-state index contributed by atoms with van der Waals surface area (Å²) in [6, 6.07) is 20.2. The van der Waals surface area contributed by atoms with Crippen molar-refractivity contribution in [2.45, 2.75) is 6.04 Å². The first kappa shape index (κ1) is 21.2. The fourth-order valence-electron chi connectivity index (χ4n) is 3.87. The highest BCUT2D eigenvalue weighted by atomic mass is 35.5. The molecule has 0 unspecified atom stereocenters. The summed E-state index contributed by atoms with van der Waals surface area (Å²) in [5.41, 5.74) is 1.77. The van der Waals surface area contributed by atoms with Crippen molar-refractivity contribution < 1.29 is 19.4 Å². The zero-order valence-corrected chi connectivity index (χ0v) is 18.9. The zero-order chi connectivity index (χ0) is 23.1. The van der Waals surface area contributed by atoms with Crippen molar-refractivity contribution in [1.82, 2.24) is 4.98 Å². The van der Waals surface area contributed by atoms with E-state index in [2.05, 4.69) is 4.98 Å². The number of aliphatic hydroxyl groups excluding tert-OH is 1. The van der Waals surface area contributed by atoms with Crippen molar-refractivity contribution in [2.75, 3.05) is 12.0 Å². The molecule has 1 fully saturated rings. The van der Waals surface area contributed by atoms with E-state index < -0.39 is 17.7 Å². The Morgan fingerprint density at radius 1 is 1.06 bits per heavy atom. The van der Waals surface area contributed by atoms with Gasteiger partial charge >= 0.3 is 5.91 Å². The van der Waals surface area contributed by atoms with E-state index in [4.69, 9.17) is 16.3 Å². The normalized spacial score (nSPS) is 17.6. The third kappa shape index (κ3) is 3.65. The molecule has 2 heterocycles. The molecule has 1 amide bonds. The number of amides is 1. The molecule has 8 heteroatoms. The van der Waals surface area contributed by atoms with Gasteiger partial charge in [-0.15, -0.1) is 0 Å². The van der Waals surface area contributed by atoms with E-state index in [0.29, 0.717) is 32.5 Å². The summed E-state index contributed by atoms with van der Waals surface area (Å²) in [5.74, 6) is -1.11. The monoisotopic (exact) mass is 476 g/mol.